The zero-order valence-electron chi connectivity index (χ0n) is 6.02. The predicted molar refractivity (Wildman–Crippen MR) is 36.0 cm³/mol. The summed E-state index contributed by atoms with van der Waals surface area (Å²) in [5.41, 5.74) is 0. The fourth-order valence-electron chi connectivity index (χ4n) is 1.24. The lowest BCUT2D eigenvalue weighted by atomic mass is 10.1. The van der Waals surface area contributed by atoms with E-state index < -0.39 is 0 Å². The van der Waals surface area contributed by atoms with Gasteiger partial charge in [-0.2, -0.15) is 7.05 Å². The van der Waals surface area contributed by atoms with E-state index in [1.807, 2.05) is 0 Å². The lowest BCUT2D eigenvalue weighted by Gasteiger charge is -2.17. The summed E-state index contributed by atoms with van der Waals surface area (Å²) in [6.07, 6.45) is 1.23. The molecule has 2 nitrogen and oxygen atoms in total. The molecule has 9 heavy (non-hydrogen) atoms. The van der Waals surface area contributed by atoms with Crippen LogP contribution >= 0.6 is 0 Å². The molecule has 1 saturated heterocycles. The molecule has 54 valence electrons. The molecular formula is C7H15NO. The van der Waals surface area contributed by atoms with Gasteiger partial charge in [-0.15, -0.1) is 0 Å². The van der Waals surface area contributed by atoms with Gasteiger partial charge in [-0.05, 0) is 6.42 Å². The highest BCUT2D eigenvalue weighted by Gasteiger charge is 2.16. The van der Waals surface area contributed by atoms with Crippen molar-refractivity contribution in [2.45, 2.75) is 6.42 Å². The van der Waals surface area contributed by atoms with Crippen LogP contribution in [0.2, 0.25) is 0 Å². The maximum Gasteiger partial charge on any atom is 0.0580 e. The molecule has 2 unspecified atom stereocenters. The first-order valence-electron chi connectivity index (χ1n) is 3.51. The van der Waals surface area contributed by atoms with E-state index in [1.165, 1.54) is 11.3 Å². The maximum absolute atomic E-state index is 5.22. The molecule has 0 radical (unpaired) electrons. The minimum Gasteiger partial charge on any atom is -0.470 e. The lowest BCUT2D eigenvalue weighted by Crippen LogP contribution is -3.04. The summed E-state index contributed by atoms with van der Waals surface area (Å²) in [7, 11) is 5.94. The molecule has 1 fully saturated rings. The fraction of sp³-hybridized carbons (Fsp3) is 0.857. The zero-order valence-corrected chi connectivity index (χ0v) is 6.02. The van der Waals surface area contributed by atoms with Crippen molar-refractivity contribution in [1.82, 2.24) is 0 Å². The normalized spacial score (nSPS) is 30.7. The first kappa shape index (κ1) is 7.03. The minimum atomic E-state index is 0.766. The Balaban J connectivity index is 2.11. The monoisotopic (exact) mass is 129 g/mol. The average molecular weight is 129 g/mol. The van der Waals surface area contributed by atoms with Gasteiger partial charge in [-0.1, -0.05) is 0 Å². The average Bonchev–Trinajstić information content (AvgIpc) is 2.15. The van der Waals surface area contributed by atoms with E-state index in [0.717, 1.165) is 25.7 Å². The Morgan fingerprint density at radius 2 is 2.56 bits per heavy atom. The fourth-order valence-corrected chi connectivity index (χ4v) is 1.24. The summed E-state index contributed by atoms with van der Waals surface area (Å²) in [5.74, 6) is 0.766. The summed E-state index contributed by atoms with van der Waals surface area (Å²) < 4.78 is 5.22. The van der Waals surface area contributed by atoms with Gasteiger partial charge >= 0.3 is 0 Å². The molecule has 1 heterocycles. The van der Waals surface area contributed by atoms with E-state index in [9.17, 15) is 0 Å². The van der Waals surface area contributed by atoms with Crippen LogP contribution in [0.15, 0.2) is 0 Å². The minimum absolute atomic E-state index is 0.766. The third kappa shape index (κ3) is 2.33. The van der Waals surface area contributed by atoms with Crippen molar-refractivity contribution in [3.05, 3.63) is 7.05 Å². The van der Waals surface area contributed by atoms with Crippen LogP contribution in [-0.4, -0.2) is 26.8 Å². The molecule has 0 saturated carbocycles. The van der Waals surface area contributed by atoms with Gasteiger partial charge in [0.2, 0.25) is 0 Å². The first-order valence-corrected chi connectivity index (χ1v) is 3.51. The second kappa shape index (κ2) is 3.18. The molecule has 2 atom stereocenters. The van der Waals surface area contributed by atoms with Gasteiger partial charge in [-0.25, -0.2) is 0 Å². The van der Waals surface area contributed by atoms with Crippen LogP contribution in [-0.2, 0) is 4.74 Å². The number of ether oxygens (including phenoxy) is 1. The van der Waals surface area contributed by atoms with Crippen molar-refractivity contribution < 1.29 is 9.64 Å². The predicted octanol–water partition coefficient (Wildman–Crippen LogP) is -0.671. The topological polar surface area (TPSA) is 13.7 Å². The molecule has 1 aliphatic heterocycles. The Hall–Kier alpha value is -0.0800. The van der Waals surface area contributed by atoms with Crippen molar-refractivity contribution in [2.24, 2.45) is 5.92 Å². The molecule has 0 aromatic rings. The Morgan fingerprint density at radius 3 is 3.00 bits per heavy atom. The molecule has 1 N–H and O–H groups in total. The molecule has 0 aliphatic carbocycles. The summed E-state index contributed by atoms with van der Waals surface area (Å²) in [4.78, 5) is 1.28. The van der Waals surface area contributed by atoms with Crippen molar-refractivity contribution in [3.8, 4) is 0 Å². The molecule has 0 aromatic heterocycles. The Bertz CT molecular complexity index is 77.0. The number of nitrogens with one attached hydrogen (secondary N) is 1. The van der Waals surface area contributed by atoms with Gasteiger partial charge < -0.3 is 9.64 Å². The smallest absolute Gasteiger partial charge is 0.0580 e. The highest BCUT2D eigenvalue weighted by molar-refractivity contribution is 4.61. The van der Waals surface area contributed by atoms with Crippen LogP contribution in [0.5, 0.6) is 0 Å². The van der Waals surface area contributed by atoms with Crippen LogP contribution < -0.4 is 4.90 Å². The first-order chi connectivity index (χ1) is 4.29. The molecule has 2 heteroatoms. The van der Waals surface area contributed by atoms with E-state index in [-0.39, 0.29) is 0 Å². The van der Waals surface area contributed by atoms with Crippen LogP contribution in [0.4, 0.5) is 0 Å². The highest BCUT2D eigenvalue weighted by atomic mass is 16.5. The summed E-state index contributed by atoms with van der Waals surface area (Å²) in [5, 5.41) is 0. The molecule has 1 aliphatic rings. The van der Waals surface area contributed by atoms with Crippen LogP contribution in [0.25, 0.3) is 0 Å². The van der Waals surface area contributed by atoms with Gasteiger partial charge in [0.1, 0.15) is 0 Å². The maximum atomic E-state index is 5.22. The van der Waals surface area contributed by atoms with Crippen LogP contribution in [0.3, 0.4) is 0 Å². The van der Waals surface area contributed by atoms with Crippen LogP contribution in [0.1, 0.15) is 6.42 Å². The van der Waals surface area contributed by atoms with Crippen molar-refractivity contribution in [2.75, 3.05) is 26.8 Å². The molecule has 0 aromatic carbocycles. The molecule has 1 rings (SSSR count). The van der Waals surface area contributed by atoms with E-state index in [2.05, 4.69) is 14.1 Å². The van der Waals surface area contributed by atoms with Gasteiger partial charge in [0.05, 0.1) is 13.2 Å². The SMILES string of the molecule is [CH2-][NH+](C)CC1CCOC1. The van der Waals surface area contributed by atoms with Crippen molar-refractivity contribution >= 4 is 0 Å². The van der Waals surface area contributed by atoms with Crippen molar-refractivity contribution in [1.29, 1.82) is 0 Å². The number of rotatable bonds is 2. The standard InChI is InChI=1S/C7H15NO/c1-8(2)5-7-3-4-9-6-7/h7-8H,1,3-6H2,2H3. The molecular weight excluding hydrogens is 114 g/mol. The number of hydrogen-bond acceptors (Lipinski definition) is 1. The number of quaternary nitrogens is 1. The lowest BCUT2D eigenvalue weighted by molar-refractivity contribution is -0.835. The quantitative estimate of drug-likeness (QED) is 0.488. The van der Waals surface area contributed by atoms with Gasteiger partial charge in [0.25, 0.3) is 0 Å². The van der Waals surface area contributed by atoms with E-state index >= 15 is 0 Å². The Kier molecular flexibility index (Phi) is 2.49. The third-order valence-electron chi connectivity index (χ3n) is 1.66. The van der Waals surface area contributed by atoms with E-state index in [1.54, 1.807) is 0 Å². The van der Waals surface area contributed by atoms with E-state index in [0.29, 0.717) is 0 Å². The summed E-state index contributed by atoms with van der Waals surface area (Å²) in [6.45, 7) is 3.06. The highest BCUT2D eigenvalue weighted by Crippen LogP contribution is 2.08. The Labute approximate surface area is 56.8 Å². The summed E-state index contributed by atoms with van der Waals surface area (Å²) >= 11 is 0. The zero-order chi connectivity index (χ0) is 6.69. The summed E-state index contributed by atoms with van der Waals surface area (Å²) in [6, 6.07) is 0. The second-order valence-corrected chi connectivity index (χ2v) is 2.89. The second-order valence-electron chi connectivity index (χ2n) is 2.89. The third-order valence-corrected chi connectivity index (χ3v) is 1.66. The Morgan fingerprint density at radius 1 is 1.78 bits per heavy atom. The van der Waals surface area contributed by atoms with Crippen molar-refractivity contribution in [3.63, 3.8) is 0 Å². The largest absolute Gasteiger partial charge is 0.470 e. The molecule has 0 bridgehead atoms. The molecule has 0 spiro atoms. The number of hydrogen-bond donors (Lipinski definition) is 1. The van der Waals surface area contributed by atoms with Crippen LogP contribution in [0, 0.1) is 13.0 Å². The van der Waals surface area contributed by atoms with Gasteiger partial charge in [0.15, 0.2) is 0 Å². The van der Waals surface area contributed by atoms with Gasteiger partial charge in [0, 0.05) is 19.6 Å². The molecule has 0 amide bonds. The van der Waals surface area contributed by atoms with Gasteiger partial charge in [-0.3, -0.25) is 0 Å². The van der Waals surface area contributed by atoms with E-state index in [4.69, 9.17) is 4.74 Å².